The van der Waals surface area contributed by atoms with E-state index >= 15 is 0 Å². The molecule has 1 aromatic carbocycles. The molecule has 1 fully saturated rings. The van der Waals surface area contributed by atoms with E-state index in [-0.39, 0.29) is 17.2 Å². The van der Waals surface area contributed by atoms with E-state index in [0.717, 1.165) is 18.5 Å². The summed E-state index contributed by atoms with van der Waals surface area (Å²) < 4.78 is 0. The van der Waals surface area contributed by atoms with Crippen molar-refractivity contribution in [2.75, 3.05) is 20.1 Å². The molecule has 1 aromatic heterocycles. The lowest BCUT2D eigenvalue weighted by Gasteiger charge is -2.39. The molecule has 6 nitrogen and oxygen atoms in total. The summed E-state index contributed by atoms with van der Waals surface area (Å²) in [4.78, 5) is 26.4. The van der Waals surface area contributed by atoms with E-state index < -0.39 is 0 Å². The molecule has 6 heteroatoms. The number of benzene rings is 1. The molecule has 3 rings (SSSR count). The fraction of sp³-hybridized carbons (Fsp3) is 0.389. The Morgan fingerprint density at radius 1 is 1.21 bits per heavy atom. The SMILES string of the molecule is CNC(=O)c1cn[nH]c1C1(C)CCN(C(=O)c2ccccc2)CC1. The summed E-state index contributed by atoms with van der Waals surface area (Å²) in [5.41, 5.74) is 1.97. The van der Waals surface area contributed by atoms with E-state index in [9.17, 15) is 9.59 Å². The summed E-state index contributed by atoms with van der Waals surface area (Å²) in [6, 6.07) is 9.34. The highest BCUT2D eigenvalue weighted by atomic mass is 16.2. The van der Waals surface area contributed by atoms with Crippen molar-refractivity contribution in [3.63, 3.8) is 0 Å². The van der Waals surface area contributed by atoms with Crippen molar-refractivity contribution in [1.82, 2.24) is 20.4 Å². The van der Waals surface area contributed by atoms with E-state index in [1.165, 1.54) is 0 Å². The third-order valence-corrected chi connectivity index (χ3v) is 4.89. The van der Waals surface area contributed by atoms with Gasteiger partial charge in [-0.3, -0.25) is 14.7 Å². The molecule has 1 aliphatic heterocycles. The van der Waals surface area contributed by atoms with Crippen molar-refractivity contribution in [3.8, 4) is 0 Å². The number of nitrogens with one attached hydrogen (secondary N) is 2. The zero-order valence-corrected chi connectivity index (χ0v) is 14.0. The molecular formula is C18H22N4O2. The Bertz CT molecular complexity index is 730. The van der Waals surface area contributed by atoms with Crippen LogP contribution in [0.15, 0.2) is 36.5 Å². The maximum absolute atomic E-state index is 12.6. The summed E-state index contributed by atoms with van der Waals surface area (Å²) in [6.45, 7) is 3.45. The summed E-state index contributed by atoms with van der Waals surface area (Å²) in [7, 11) is 1.61. The number of carbonyl (C=O) groups excluding carboxylic acids is 2. The number of nitrogens with zero attached hydrogens (tertiary/aromatic N) is 2. The predicted molar refractivity (Wildman–Crippen MR) is 90.9 cm³/mol. The van der Waals surface area contributed by atoms with E-state index in [4.69, 9.17) is 0 Å². The highest BCUT2D eigenvalue weighted by Crippen LogP contribution is 2.36. The Morgan fingerprint density at radius 3 is 2.50 bits per heavy atom. The van der Waals surface area contributed by atoms with Crippen LogP contribution in [0.3, 0.4) is 0 Å². The normalized spacial score (nSPS) is 16.7. The van der Waals surface area contributed by atoms with E-state index in [0.29, 0.717) is 24.2 Å². The fourth-order valence-electron chi connectivity index (χ4n) is 3.27. The number of rotatable bonds is 3. The van der Waals surface area contributed by atoms with Crippen molar-refractivity contribution in [2.45, 2.75) is 25.2 Å². The Balaban J connectivity index is 1.74. The summed E-state index contributed by atoms with van der Waals surface area (Å²) in [5, 5.41) is 9.69. The number of carbonyl (C=O) groups is 2. The molecular weight excluding hydrogens is 304 g/mol. The molecule has 0 radical (unpaired) electrons. The maximum atomic E-state index is 12.6. The molecule has 0 saturated carbocycles. The first-order valence-corrected chi connectivity index (χ1v) is 8.15. The first kappa shape index (κ1) is 16.2. The number of hydrogen-bond acceptors (Lipinski definition) is 3. The number of likely N-dealkylation sites (tertiary alicyclic amines) is 1. The first-order valence-electron chi connectivity index (χ1n) is 8.15. The number of H-pyrrole nitrogens is 1. The molecule has 2 heterocycles. The lowest BCUT2D eigenvalue weighted by atomic mass is 9.76. The summed E-state index contributed by atoms with van der Waals surface area (Å²) in [5.74, 6) is -0.0726. The lowest BCUT2D eigenvalue weighted by Crippen LogP contribution is -2.44. The zero-order chi connectivity index (χ0) is 17.2. The van der Waals surface area contributed by atoms with Gasteiger partial charge in [-0.25, -0.2) is 0 Å². The molecule has 0 atom stereocenters. The van der Waals surface area contributed by atoms with Crippen LogP contribution >= 0.6 is 0 Å². The average molecular weight is 326 g/mol. The van der Waals surface area contributed by atoms with Gasteiger partial charge in [0, 0.05) is 31.1 Å². The highest BCUT2D eigenvalue weighted by molar-refractivity contribution is 5.95. The first-order chi connectivity index (χ1) is 11.5. The Morgan fingerprint density at radius 2 is 1.88 bits per heavy atom. The van der Waals surface area contributed by atoms with Crippen LogP contribution < -0.4 is 5.32 Å². The third-order valence-electron chi connectivity index (χ3n) is 4.89. The van der Waals surface area contributed by atoms with Crippen molar-refractivity contribution >= 4 is 11.8 Å². The molecule has 1 saturated heterocycles. The van der Waals surface area contributed by atoms with Crippen LogP contribution in [-0.2, 0) is 5.41 Å². The number of aromatic amines is 1. The van der Waals surface area contributed by atoms with Crippen molar-refractivity contribution in [1.29, 1.82) is 0 Å². The number of aromatic nitrogens is 2. The predicted octanol–water partition coefficient (Wildman–Crippen LogP) is 1.96. The Hall–Kier alpha value is -2.63. The van der Waals surface area contributed by atoms with E-state index in [2.05, 4.69) is 22.4 Å². The van der Waals surface area contributed by atoms with Gasteiger partial charge in [0.05, 0.1) is 17.5 Å². The minimum Gasteiger partial charge on any atom is -0.355 e. The second-order valence-corrected chi connectivity index (χ2v) is 6.46. The summed E-state index contributed by atoms with van der Waals surface area (Å²) in [6.07, 6.45) is 3.15. The largest absolute Gasteiger partial charge is 0.355 e. The van der Waals surface area contributed by atoms with Crippen LogP contribution in [-0.4, -0.2) is 47.0 Å². The fourth-order valence-corrected chi connectivity index (χ4v) is 3.27. The molecule has 2 aromatic rings. The average Bonchev–Trinajstić information content (AvgIpc) is 3.12. The molecule has 0 unspecified atom stereocenters. The monoisotopic (exact) mass is 326 g/mol. The molecule has 2 amide bonds. The van der Waals surface area contributed by atoms with Gasteiger partial charge in [0.2, 0.25) is 0 Å². The Kier molecular flexibility index (Phi) is 4.38. The number of piperidine rings is 1. The molecule has 2 N–H and O–H groups in total. The smallest absolute Gasteiger partial charge is 0.254 e. The van der Waals surface area contributed by atoms with E-state index in [1.54, 1.807) is 13.2 Å². The van der Waals surface area contributed by atoms with Crippen LogP contribution in [0, 0.1) is 0 Å². The molecule has 0 aliphatic carbocycles. The quantitative estimate of drug-likeness (QED) is 0.905. The van der Waals surface area contributed by atoms with Crippen LogP contribution in [0.1, 0.15) is 46.2 Å². The molecule has 1 aliphatic rings. The topological polar surface area (TPSA) is 78.1 Å². The van der Waals surface area contributed by atoms with Gasteiger partial charge in [0.25, 0.3) is 11.8 Å². The number of hydrogen-bond donors (Lipinski definition) is 2. The van der Waals surface area contributed by atoms with Gasteiger partial charge in [0.1, 0.15) is 0 Å². The van der Waals surface area contributed by atoms with Crippen molar-refractivity contribution in [2.24, 2.45) is 0 Å². The molecule has 0 bridgehead atoms. The van der Waals surface area contributed by atoms with Crippen molar-refractivity contribution < 1.29 is 9.59 Å². The van der Waals surface area contributed by atoms with Gasteiger partial charge in [-0.1, -0.05) is 25.1 Å². The lowest BCUT2D eigenvalue weighted by molar-refractivity contribution is 0.0671. The van der Waals surface area contributed by atoms with Crippen molar-refractivity contribution in [3.05, 3.63) is 53.3 Å². The van der Waals surface area contributed by atoms with Gasteiger partial charge in [-0.2, -0.15) is 5.10 Å². The van der Waals surface area contributed by atoms with Gasteiger partial charge in [-0.15, -0.1) is 0 Å². The zero-order valence-electron chi connectivity index (χ0n) is 14.0. The molecule has 24 heavy (non-hydrogen) atoms. The maximum Gasteiger partial charge on any atom is 0.254 e. The van der Waals surface area contributed by atoms with Crippen LogP contribution in [0.25, 0.3) is 0 Å². The van der Waals surface area contributed by atoms with Gasteiger partial charge >= 0.3 is 0 Å². The van der Waals surface area contributed by atoms with Crippen LogP contribution in [0.5, 0.6) is 0 Å². The molecule has 0 spiro atoms. The van der Waals surface area contributed by atoms with Crippen LogP contribution in [0.2, 0.25) is 0 Å². The van der Waals surface area contributed by atoms with E-state index in [1.807, 2.05) is 35.2 Å². The van der Waals surface area contributed by atoms with Gasteiger partial charge in [-0.05, 0) is 25.0 Å². The highest BCUT2D eigenvalue weighted by Gasteiger charge is 2.37. The molecule has 126 valence electrons. The van der Waals surface area contributed by atoms with Gasteiger partial charge in [0.15, 0.2) is 0 Å². The minimum atomic E-state index is -0.189. The number of amides is 2. The van der Waals surface area contributed by atoms with Gasteiger partial charge < -0.3 is 10.2 Å². The standard InChI is InChI=1S/C18H22N4O2/c1-18(15-14(12-20-21-15)16(23)19-2)8-10-22(11-9-18)17(24)13-6-4-3-5-7-13/h3-7,12H,8-11H2,1-2H3,(H,19,23)(H,20,21). The van der Waals surface area contributed by atoms with Crippen LogP contribution in [0.4, 0.5) is 0 Å². The Labute approximate surface area is 141 Å². The minimum absolute atomic E-state index is 0.0637. The second-order valence-electron chi connectivity index (χ2n) is 6.46. The third kappa shape index (κ3) is 2.91. The summed E-state index contributed by atoms with van der Waals surface area (Å²) >= 11 is 0. The second kappa shape index (κ2) is 6.47.